The van der Waals surface area contributed by atoms with Crippen LogP contribution in [0.5, 0.6) is 11.5 Å². The van der Waals surface area contributed by atoms with Gasteiger partial charge in [-0.2, -0.15) is 14.9 Å². The molecule has 7 heteroatoms. The molecule has 0 saturated carbocycles. The molecule has 0 amide bonds. The molecular formula is C20H22N4O2S. The first-order chi connectivity index (χ1) is 13.2. The third-order valence-electron chi connectivity index (χ3n) is 3.73. The molecule has 0 radical (unpaired) electrons. The highest BCUT2D eigenvalue weighted by molar-refractivity contribution is 7.71. The molecule has 0 spiro atoms. The molecule has 6 nitrogen and oxygen atoms in total. The number of benzene rings is 2. The number of rotatable bonds is 8. The Labute approximate surface area is 163 Å². The van der Waals surface area contributed by atoms with Crippen LogP contribution in [0.4, 0.5) is 0 Å². The van der Waals surface area contributed by atoms with Crippen molar-refractivity contribution in [2.45, 2.75) is 20.3 Å². The highest BCUT2D eigenvalue weighted by atomic mass is 32.1. The molecule has 0 aliphatic carbocycles. The second kappa shape index (κ2) is 9.14. The number of aromatic amines is 1. The Morgan fingerprint density at radius 3 is 2.67 bits per heavy atom. The summed E-state index contributed by atoms with van der Waals surface area (Å²) in [5.41, 5.74) is 1.81. The number of aromatic nitrogens is 3. The van der Waals surface area contributed by atoms with Crippen LogP contribution in [0.15, 0.2) is 53.6 Å². The minimum Gasteiger partial charge on any atom is -0.490 e. The topological polar surface area (TPSA) is 64.4 Å². The lowest BCUT2D eigenvalue weighted by molar-refractivity contribution is 0.277. The fourth-order valence-electron chi connectivity index (χ4n) is 2.50. The van der Waals surface area contributed by atoms with Crippen molar-refractivity contribution in [1.29, 1.82) is 0 Å². The summed E-state index contributed by atoms with van der Waals surface area (Å²) in [4.78, 5) is 0. The minimum absolute atomic E-state index is 0.429. The molecule has 3 rings (SSSR count). The van der Waals surface area contributed by atoms with Gasteiger partial charge in [0.2, 0.25) is 4.77 Å². The predicted molar refractivity (Wildman–Crippen MR) is 109 cm³/mol. The lowest BCUT2D eigenvalue weighted by atomic mass is 10.2. The van der Waals surface area contributed by atoms with Crippen molar-refractivity contribution < 1.29 is 9.47 Å². The molecule has 0 fully saturated rings. The zero-order valence-corrected chi connectivity index (χ0v) is 16.2. The highest BCUT2D eigenvalue weighted by Crippen LogP contribution is 2.28. The third kappa shape index (κ3) is 4.62. The van der Waals surface area contributed by atoms with E-state index in [0.717, 1.165) is 23.3 Å². The highest BCUT2D eigenvalue weighted by Gasteiger charge is 2.08. The molecule has 0 bridgehead atoms. The Hall–Kier alpha value is -2.93. The first-order valence-corrected chi connectivity index (χ1v) is 9.30. The van der Waals surface area contributed by atoms with Gasteiger partial charge in [-0.3, -0.25) is 0 Å². The zero-order chi connectivity index (χ0) is 19.1. The van der Waals surface area contributed by atoms with Crippen LogP contribution < -0.4 is 9.47 Å². The van der Waals surface area contributed by atoms with Gasteiger partial charge in [0.1, 0.15) is 0 Å². The van der Waals surface area contributed by atoms with Gasteiger partial charge in [-0.15, -0.1) is 0 Å². The second-order valence-electron chi connectivity index (χ2n) is 5.76. The van der Waals surface area contributed by atoms with Gasteiger partial charge in [0.25, 0.3) is 0 Å². The summed E-state index contributed by atoms with van der Waals surface area (Å²) in [6.07, 6.45) is 2.67. The third-order valence-corrected chi connectivity index (χ3v) is 4.00. The van der Waals surface area contributed by atoms with Crippen LogP contribution in [-0.4, -0.2) is 34.3 Å². The summed E-state index contributed by atoms with van der Waals surface area (Å²) in [7, 11) is 0. The van der Waals surface area contributed by atoms with E-state index in [9.17, 15) is 0 Å². The van der Waals surface area contributed by atoms with Crippen LogP contribution in [0.25, 0.3) is 11.4 Å². The summed E-state index contributed by atoms with van der Waals surface area (Å²) < 4.78 is 13.5. The average Bonchev–Trinajstić information content (AvgIpc) is 3.07. The van der Waals surface area contributed by atoms with E-state index < -0.39 is 0 Å². The summed E-state index contributed by atoms with van der Waals surface area (Å²) >= 11 is 5.31. The van der Waals surface area contributed by atoms with E-state index in [0.29, 0.717) is 29.6 Å². The van der Waals surface area contributed by atoms with Crippen molar-refractivity contribution in [2.24, 2.45) is 5.10 Å². The average molecular weight is 382 g/mol. The standard InChI is InChI=1S/C20H22N4O2S/c1-3-12-26-17-11-10-15(13-18(17)25-4-2)14-21-24-19(22-23-20(24)27)16-8-6-5-7-9-16/h5-11,13-14H,3-4,12H2,1-2H3,(H,23,27)/b21-14-. The lowest BCUT2D eigenvalue weighted by Crippen LogP contribution is -2.01. The van der Waals surface area contributed by atoms with Crippen molar-refractivity contribution in [3.63, 3.8) is 0 Å². The molecule has 0 saturated heterocycles. The number of hydrogen-bond acceptors (Lipinski definition) is 5. The summed E-state index contributed by atoms with van der Waals surface area (Å²) in [6.45, 7) is 5.23. The van der Waals surface area contributed by atoms with E-state index in [1.807, 2.05) is 55.5 Å². The maximum absolute atomic E-state index is 5.73. The van der Waals surface area contributed by atoms with Crippen LogP contribution in [-0.2, 0) is 0 Å². The van der Waals surface area contributed by atoms with E-state index in [-0.39, 0.29) is 0 Å². The summed E-state index contributed by atoms with van der Waals surface area (Å²) in [6, 6.07) is 15.5. The van der Waals surface area contributed by atoms with Crippen LogP contribution in [0.2, 0.25) is 0 Å². The fourth-order valence-corrected chi connectivity index (χ4v) is 2.68. The first-order valence-electron chi connectivity index (χ1n) is 8.89. The van der Waals surface area contributed by atoms with Crippen molar-refractivity contribution >= 4 is 18.4 Å². The first kappa shape index (κ1) is 18.8. The maximum Gasteiger partial charge on any atom is 0.216 e. The number of hydrogen-bond donors (Lipinski definition) is 1. The maximum atomic E-state index is 5.73. The summed E-state index contributed by atoms with van der Waals surface area (Å²) in [5.74, 6) is 2.10. The Balaban J connectivity index is 1.89. The molecule has 0 aliphatic heterocycles. The van der Waals surface area contributed by atoms with Crippen molar-refractivity contribution in [2.75, 3.05) is 13.2 Å². The van der Waals surface area contributed by atoms with Gasteiger partial charge in [-0.05, 0) is 49.3 Å². The minimum atomic E-state index is 0.429. The van der Waals surface area contributed by atoms with Gasteiger partial charge < -0.3 is 9.47 Å². The number of nitrogens with zero attached hydrogens (tertiary/aromatic N) is 3. The largest absolute Gasteiger partial charge is 0.490 e. The molecular weight excluding hydrogens is 360 g/mol. The van der Waals surface area contributed by atoms with E-state index in [4.69, 9.17) is 21.7 Å². The van der Waals surface area contributed by atoms with E-state index in [2.05, 4.69) is 22.2 Å². The normalized spacial score (nSPS) is 11.0. The molecule has 3 aromatic rings. The van der Waals surface area contributed by atoms with Crippen molar-refractivity contribution in [1.82, 2.24) is 14.9 Å². The van der Waals surface area contributed by atoms with Gasteiger partial charge in [0.15, 0.2) is 17.3 Å². The molecule has 2 aromatic carbocycles. The Morgan fingerprint density at radius 2 is 1.93 bits per heavy atom. The molecule has 1 heterocycles. The molecule has 1 N–H and O–H groups in total. The van der Waals surface area contributed by atoms with Gasteiger partial charge >= 0.3 is 0 Å². The van der Waals surface area contributed by atoms with E-state index >= 15 is 0 Å². The second-order valence-corrected chi connectivity index (χ2v) is 6.15. The van der Waals surface area contributed by atoms with Gasteiger partial charge in [-0.1, -0.05) is 37.3 Å². The van der Waals surface area contributed by atoms with Gasteiger partial charge in [-0.25, -0.2) is 5.10 Å². The molecule has 140 valence electrons. The van der Waals surface area contributed by atoms with Crippen LogP contribution >= 0.6 is 12.2 Å². The zero-order valence-electron chi connectivity index (χ0n) is 15.4. The number of nitrogens with one attached hydrogen (secondary N) is 1. The quantitative estimate of drug-likeness (QED) is 0.454. The smallest absolute Gasteiger partial charge is 0.216 e. The SMILES string of the molecule is CCCOc1ccc(/C=N\n2c(-c3ccccc3)n[nH]c2=S)cc1OCC. The predicted octanol–water partition coefficient (Wildman–Crippen LogP) is 4.68. The molecule has 0 unspecified atom stereocenters. The van der Waals surface area contributed by atoms with Crippen molar-refractivity contribution in [3.05, 3.63) is 58.9 Å². The Bertz CT molecular complexity index is 964. The summed E-state index contributed by atoms with van der Waals surface area (Å²) in [5, 5.41) is 11.6. The van der Waals surface area contributed by atoms with E-state index in [1.54, 1.807) is 10.9 Å². The molecule has 27 heavy (non-hydrogen) atoms. The van der Waals surface area contributed by atoms with E-state index in [1.165, 1.54) is 0 Å². The van der Waals surface area contributed by atoms with Crippen LogP contribution in [0, 0.1) is 4.77 Å². The number of H-pyrrole nitrogens is 1. The van der Waals surface area contributed by atoms with Crippen molar-refractivity contribution in [3.8, 4) is 22.9 Å². The molecule has 0 aliphatic rings. The molecule has 0 atom stereocenters. The van der Waals surface area contributed by atoms with Gasteiger partial charge in [0, 0.05) is 5.56 Å². The molecule has 1 aromatic heterocycles. The van der Waals surface area contributed by atoms with Gasteiger partial charge in [0.05, 0.1) is 19.4 Å². The van der Waals surface area contributed by atoms with Crippen LogP contribution in [0.1, 0.15) is 25.8 Å². The fraction of sp³-hybridized carbons (Fsp3) is 0.250. The number of ether oxygens (including phenoxy) is 2. The monoisotopic (exact) mass is 382 g/mol. The Kier molecular flexibility index (Phi) is 6.38. The van der Waals surface area contributed by atoms with Crippen LogP contribution in [0.3, 0.4) is 0 Å². The Morgan fingerprint density at radius 1 is 1.11 bits per heavy atom. The lowest BCUT2D eigenvalue weighted by Gasteiger charge is -2.11.